The standard InChI is InChI=1S/C14H15N3O2/c1-10-2-7-13(8-16-10)19-9-11-3-5-12(6-4-11)14(18)17-15/h2-8H,9,15H2,1H3,(H,17,18). The number of nitrogens with zero attached hydrogens (tertiary/aromatic N) is 1. The number of hydrogen-bond acceptors (Lipinski definition) is 4. The fraction of sp³-hybridized carbons (Fsp3) is 0.143. The normalized spacial score (nSPS) is 10.0. The van der Waals surface area contributed by atoms with Gasteiger partial charge in [-0.3, -0.25) is 15.2 Å². The number of carbonyl (C=O) groups is 1. The molecule has 19 heavy (non-hydrogen) atoms. The predicted molar refractivity (Wildman–Crippen MR) is 71.4 cm³/mol. The number of nitrogen functional groups attached to an aromatic ring is 1. The van der Waals surface area contributed by atoms with E-state index in [9.17, 15) is 4.79 Å². The molecule has 0 bridgehead atoms. The Hall–Kier alpha value is -2.40. The molecular formula is C14H15N3O2. The second-order valence-electron chi connectivity index (χ2n) is 4.09. The number of hydrogen-bond donors (Lipinski definition) is 2. The first-order valence-corrected chi connectivity index (χ1v) is 5.84. The van der Waals surface area contributed by atoms with Crippen LogP contribution in [0.25, 0.3) is 0 Å². The monoisotopic (exact) mass is 257 g/mol. The van der Waals surface area contributed by atoms with E-state index in [4.69, 9.17) is 10.6 Å². The SMILES string of the molecule is Cc1ccc(OCc2ccc(C(=O)NN)cc2)cn1. The van der Waals surface area contributed by atoms with Gasteiger partial charge in [-0.15, -0.1) is 0 Å². The van der Waals surface area contributed by atoms with Crippen LogP contribution >= 0.6 is 0 Å². The predicted octanol–water partition coefficient (Wildman–Crippen LogP) is 1.57. The molecule has 2 rings (SSSR count). The summed E-state index contributed by atoms with van der Waals surface area (Å²) in [7, 11) is 0. The molecule has 1 aromatic heterocycles. The van der Waals surface area contributed by atoms with Gasteiger partial charge in [-0.1, -0.05) is 12.1 Å². The van der Waals surface area contributed by atoms with Gasteiger partial charge in [0, 0.05) is 11.3 Å². The van der Waals surface area contributed by atoms with E-state index >= 15 is 0 Å². The van der Waals surface area contributed by atoms with Gasteiger partial charge in [-0.2, -0.15) is 0 Å². The van der Waals surface area contributed by atoms with Gasteiger partial charge in [-0.25, -0.2) is 5.84 Å². The van der Waals surface area contributed by atoms with E-state index in [0.717, 1.165) is 17.0 Å². The minimum absolute atomic E-state index is 0.310. The van der Waals surface area contributed by atoms with Crippen LogP contribution in [-0.4, -0.2) is 10.9 Å². The lowest BCUT2D eigenvalue weighted by Gasteiger charge is -2.06. The summed E-state index contributed by atoms with van der Waals surface area (Å²) in [6.45, 7) is 2.35. The summed E-state index contributed by atoms with van der Waals surface area (Å²) >= 11 is 0. The van der Waals surface area contributed by atoms with Crippen LogP contribution in [0.1, 0.15) is 21.6 Å². The Morgan fingerprint density at radius 3 is 2.58 bits per heavy atom. The maximum absolute atomic E-state index is 11.3. The molecule has 0 saturated carbocycles. The van der Waals surface area contributed by atoms with E-state index < -0.39 is 0 Å². The number of nitrogens with one attached hydrogen (secondary N) is 1. The molecule has 0 fully saturated rings. The molecule has 3 N–H and O–H groups in total. The molecule has 1 heterocycles. The number of aromatic nitrogens is 1. The van der Waals surface area contributed by atoms with Crippen LogP contribution in [0.5, 0.6) is 5.75 Å². The maximum atomic E-state index is 11.3. The summed E-state index contributed by atoms with van der Waals surface area (Å²) in [5, 5.41) is 0. The summed E-state index contributed by atoms with van der Waals surface area (Å²) in [4.78, 5) is 15.4. The number of ether oxygens (including phenoxy) is 1. The van der Waals surface area contributed by atoms with E-state index in [-0.39, 0.29) is 5.91 Å². The average molecular weight is 257 g/mol. The molecule has 0 atom stereocenters. The maximum Gasteiger partial charge on any atom is 0.265 e. The Bertz CT molecular complexity index is 550. The molecule has 0 aliphatic carbocycles. The van der Waals surface area contributed by atoms with Gasteiger partial charge in [0.15, 0.2) is 0 Å². The molecule has 1 amide bonds. The molecule has 0 spiro atoms. The van der Waals surface area contributed by atoms with Crippen molar-refractivity contribution in [2.75, 3.05) is 0 Å². The van der Waals surface area contributed by atoms with Crippen LogP contribution in [0.15, 0.2) is 42.6 Å². The van der Waals surface area contributed by atoms with Gasteiger partial charge < -0.3 is 4.74 Å². The number of hydrazine groups is 1. The first-order valence-electron chi connectivity index (χ1n) is 5.84. The van der Waals surface area contributed by atoms with Crippen molar-refractivity contribution in [2.45, 2.75) is 13.5 Å². The Labute approximate surface area is 111 Å². The Morgan fingerprint density at radius 2 is 2.00 bits per heavy atom. The van der Waals surface area contributed by atoms with Crippen LogP contribution in [0.4, 0.5) is 0 Å². The van der Waals surface area contributed by atoms with Crippen molar-refractivity contribution in [2.24, 2.45) is 5.84 Å². The van der Waals surface area contributed by atoms with E-state index in [0.29, 0.717) is 12.2 Å². The zero-order chi connectivity index (χ0) is 13.7. The fourth-order valence-corrected chi connectivity index (χ4v) is 1.54. The number of nitrogens with two attached hydrogens (primary N) is 1. The van der Waals surface area contributed by atoms with Crippen molar-refractivity contribution in [3.63, 3.8) is 0 Å². The number of benzene rings is 1. The third-order valence-electron chi connectivity index (χ3n) is 2.64. The van der Waals surface area contributed by atoms with Gasteiger partial charge >= 0.3 is 0 Å². The van der Waals surface area contributed by atoms with Crippen molar-refractivity contribution in [3.8, 4) is 5.75 Å². The van der Waals surface area contributed by atoms with Crippen LogP contribution in [0.3, 0.4) is 0 Å². The smallest absolute Gasteiger partial charge is 0.265 e. The Balaban J connectivity index is 1.96. The van der Waals surface area contributed by atoms with E-state index in [1.165, 1.54) is 0 Å². The zero-order valence-corrected chi connectivity index (χ0v) is 10.6. The number of carbonyl (C=O) groups excluding carboxylic acids is 1. The molecule has 0 saturated heterocycles. The molecule has 98 valence electrons. The highest BCUT2D eigenvalue weighted by Gasteiger charge is 2.03. The molecule has 1 aromatic carbocycles. The number of rotatable bonds is 4. The summed E-state index contributed by atoms with van der Waals surface area (Å²) in [5.74, 6) is 5.46. The van der Waals surface area contributed by atoms with Crippen molar-refractivity contribution < 1.29 is 9.53 Å². The van der Waals surface area contributed by atoms with E-state index in [2.05, 4.69) is 10.4 Å². The first kappa shape index (κ1) is 13.0. The quantitative estimate of drug-likeness (QED) is 0.495. The molecule has 0 aliphatic heterocycles. The van der Waals surface area contributed by atoms with Gasteiger partial charge in [-0.05, 0) is 36.8 Å². The number of amides is 1. The lowest BCUT2D eigenvalue weighted by molar-refractivity contribution is 0.0953. The highest BCUT2D eigenvalue weighted by molar-refractivity contribution is 5.93. The molecule has 2 aromatic rings. The Morgan fingerprint density at radius 1 is 1.26 bits per heavy atom. The average Bonchev–Trinajstić information content (AvgIpc) is 2.46. The second kappa shape index (κ2) is 5.97. The van der Waals surface area contributed by atoms with Crippen LogP contribution < -0.4 is 16.0 Å². The van der Waals surface area contributed by atoms with Crippen LogP contribution in [0.2, 0.25) is 0 Å². The molecule has 5 nitrogen and oxygen atoms in total. The topological polar surface area (TPSA) is 77.2 Å². The minimum atomic E-state index is -0.310. The van der Waals surface area contributed by atoms with Gasteiger partial charge in [0.1, 0.15) is 12.4 Å². The van der Waals surface area contributed by atoms with Gasteiger partial charge in [0.2, 0.25) is 0 Å². The van der Waals surface area contributed by atoms with Gasteiger partial charge in [0.05, 0.1) is 6.20 Å². The summed E-state index contributed by atoms with van der Waals surface area (Å²) in [5.41, 5.74) is 4.52. The fourth-order valence-electron chi connectivity index (χ4n) is 1.54. The lowest BCUT2D eigenvalue weighted by Crippen LogP contribution is -2.29. The van der Waals surface area contributed by atoms with Crippen molar-refractivity contribution in [1.82, 2.24) is 10.4 Å². The number of aryl methyl sites for hydroxylation is 1. The minimum Gasteiger partial charge on any atom is -0.487 e. The molecular weight excluding hydrogens is 242 g/mol. The lowest BCUT2D eigenvalue weighted by atomic mass is 10.1. The second-order valence-corrected chi connectivity index (χ2v) is 4.09. The zero-order valence-electron chi connectivity index (χ0n) is 10.6. The van der Waals surface area contributed by atoms with Crippen LogP contribution in [0, 0.1) is 6.92 Å². The van der Waals surface area contributed by atoms with Crippen LogP contribution in [-0.2, 0) is 6.61 Å². The first-order chi connectivity index (χ1) is 9.19. The van der Waals surface area contributed by atoms with E-state index in [1.807, 2.05) is 31.2 Å². The summed E-state index contributed by atoms with van der Waals surface area (Å²) in [6, 6.07) is 10.8. The largest absolute Gasteiger partial charge is 0.487 e. The van der Waals surface area contributed by atoms with Gasteiger partial charge in [0.25, 0.3) is 5.91 Å². The third-order valence-corrected chi connectivity index (χ3v) is 2.64. The Kier molecular flexibility index (Phi) is 4.10. The highest BCUT2D eigenvalue weighted by atomic mass is 16.5. The highest BCUT2D eigenvalue weighted by Crippen LogP contribution is 2.12. The van der Waals surface area contributed by atoms with E-state index in [1.54, 1.807) is 18.3 Å². The molecule has 0 unspecified atom stereocenters. The molecule has 0 aliphatic rings. The molecule has 0 radical (unpaired) electrons. The molecule has 5 heteroatoms. The van der Waals surface area contributed by atoms with Crippen molar-refractivity contribution in [3.05, 3.63) is 59.4 Å². The van der Waals surface area contributed by atoms with Crippen molar-refractivity contribution in [1.29, 1.82) is 0 Å². The number of pyridine rings is 1. The summed E-state index contributed by atoms with van der Waals surface area (Å²) < 4.78 is 5.59. The summed E-state index contributed by atoms with van der Waals surface area (Å²) in [6.07, 6.45) is 1.69. The third kappa shape index (κ3) is 3.53. The van der Waals surface area contributed by atoms with Crippen molar-refractivity contribution >= 4 is 5.91 Å².